The van der Waals surface area contributed by atoms with Crippen molar-refractivity contribution >= 4 is 11.6 Å². The molecule has 2 N–H and O–H groups in total. The van der Waals surface area contributed by atoms with Crippen molar-refractivity contribution in [1.29, 1.82) is 0 Å². The Morgan fingerprint density at radius 1 is 1.35 bits per heavy atom. The molecule has 1 amide bonds. The van der Waals surface area contributed by atoms with Crippen LogP contribution < -0.4 is 10.6 Å². The van der Waals surface area contributed by atoms with E-state index in [2.05, 4.69) is 36.6 Å². The number of benzene rings is 1. The summed E-state index contributed by atoms with van der Waals surface area (Å²) in [7, 11) is 0. The van der Waals surface area contributed by atoms with Crippen LogP contribution >= 0.6 is 0 Å². The van der Waals surface area contributed by atoms with E-state index >= 15 is 0 Å². The van der Waals surface area contributed by atoms with E-state index in [-0.39, 0.29) is 17.2 Å². The Morgan fingerprint density at radius 2 is 2.15 bits per heavy atom. The van der Waals surface area contributed by atoms with Gasteiger partial charge in [-0.05, 0) is 36.3 Å². The normalized spacial score (nSPS) is 27.5. The Hall–Kier alpha value is -1.51. The van der Waals surface area contributed by atoms with Gasteiger partial charge in [-0.3, -0.25) is 4.79 Å². The molecule has 3 heteroatoms. The van der Waals surface area contributed by atoms with Gasteiger partial charge in [-0.1, -0.05) is 38.5 Å². The molecular weight excluding hydrogens is 248 g/mol. The van der Waals surface area contributed by atoms with E-state index in [1.807, 2.05) is 12.1 Å². The predicted molar refractivity (Wildman–Crippen MR) is 81.7 cm³/mol. The summed E-state index contributed by atoms with van der Waals surface area (Å²) in [6.45, 7) is 5.27. The van der Waals surface area contributed by atoms with Crippen molar-refractivity contribution in [1.82, 2.24) is 5.32 Å². The maximum atomic E-state index is 12.5. The van der Waals surface area contributed by atoms with Crippen molar-refractivity contribution in [3.63, 3.8) is 0 Å². The molecule has 20 heavy (non-hydrogen) atoms. The second kappa shape index (κ2) is 5.12. The number of nitrogens with one attached hydrogen (secondary N) is 2. The Bertz CT molecular complexity index is 509. The average molecular weight is 272 g/mol. The first-order valence-electron chi connectivity index (χ1n) is 7.68. The third-order valence-electron chi connectivity index (χ3n) is 4.97. The molecule has 3 rings (SSSR count). The first kappa shape index (κ1) is 13.5. The first-order chi connectivity index (χ1) is 9.56. The number of carbonyl (C=O) groups excluding carboxylic acids is 1. The van der Waals surface area contributed by atoms with Gasteiger partial charge in [-0.2, -0.15) is 0 Å². The fraction of sp³-hybridized carbons (Fsp3) is 0.588. The standard InChI is InChI=1S/C17H24N2O/c1-17(2)9-5-8-15(17)19-16(20)13-10-12-6-3-4-7-14(12)18-11-13/h3-4,6-7,13,15,18H,5,8-11H2,1-2H3,(H,19,20). The molecular formula is C17H24N2O. The smallest absolute Gasteiger partial charge is 0.225 e. The monoisotopic (exact) mass is 272 g/mol. The first-order valence-corrected chi connectivity index (χ1v) is 7.68. The number of rotatable bonds is 2. The molecule has 0 aromatic heterocycles. The molecule has 2 atom stereocenters. The Kier molecular flexibility index (Phi) is 3.45. The fourth-order valence-electron chi connectivity index (χ4n) is 3.51. The molecule has 1 aliphatic heterocycles. The van der Waals surface area contributed by atoms with Gasteiger partial charge < -0.3 is 10.6 Å². The van der Waals surface area contributed by atoms with Gasteiger partial charge in [0, 0.05) is 18.3 Å². The van der Waals surface area contributed by atoms with Crippen molar-refractivity contribution in [3.8, 4) is 0 Å². The topological polar surface area (TPSA) is 41.1 Å². The Labute approximate surface area is 121 Å². The van der Waals surface area contributed by atoms with Crippen LogP contribution in [0.1, 0.15) is 38.7 Å². The highest BCUT2D eigenvalue weighted by atomic mass is 16.2. The molecule has 1 fully saturated rings. The molecule has 1 aromatic carbocycles. The fourth-order valence-corrected chi connectivity index (χ4v) is 3.51. The number of carbonyl (C=O) groups is 1. The summed E-state index contributed by atoms with van der Waals surface area (Å²) < 4.78 is 0. The highest BCUT2D eigenvalue weighted by molar-refractivity contribution is 5.81. The van der Waals surface area contributed by atoms with Crippen LogP contribution in [0.3, 0.4) is 0 Å². The van der Waals surface area contributed by atoms with Gasteiger partial charge in [0.15, 0.2) is 0 Å². The SMILES string of the molecule is CC1(C)CCCC1NC(=O)C1CNc2ccccc2C1. The summed E-state index contributed by atoms with van der Waals surface area (Å²) in [6.07, 6.45) is 4.41. The van der Waals surface area contributed by atoms with E-state index in [4.69, 9.17) is 0 Å². The van der Waals surface area contributed by atoms with E-state index < -0.39 is 0 Å². The molecule has 1 heterocycles. The number of para-hydroxylation sites is 1. The maximum absolute atomic E-state index is 12.5. The largest absolute Gasteiger partial charge is 0.384 e. The number of anilines is 1. The minimum absolute atomic E-state index is 0.0568. The summed E-state index contributed by atoms with van der Waals surface area (Å²) in [5.41, 5.74) is 2.68. The van der Waals surface area contributed by atoms with Gasteiger partial charge in [0.1, 0.15) is 0 Å². The summed E-state index contributed by atoms with van der Waals surface area (Å²) in [5, 5.41) is 6.67. The van der Waals surface area contributed by atoms with Gasteiger partial charge in [0.05, 0.1) is 5.92 Å². The molecule has 0 spiro atoms. The number of hydrogen-bond donors (Lipinski definition) is 2. The molecule has 108 valence electrons. The van der Waals surface area contributed by atoms with E-state index in [1.165, 1.54) is 24.1 Å². The molecule has 2 unspecified atom stereocenters. The lowest BCUT2D eigenvalue weighted by Crippen LogP contribution is -2.46. The maximum Gasteiger partial charge on any atom is 0.225 e. The third-order valence-corrected chi connectivity index (χ3v) is 4.97. The summed E-state index contributed by atoms with van der Waals surface area (Å²) >= 11 is 0. The van der Waals surface area contributed by atoms with Crippen LogP contribution in [-0.2, 0) is 11.2 Å². The number of fused-ring (bicyclic) bond motifs is 1. The molecule has 0 bridgehead atoms. The van der Waals surface area contributed by atoms with Crippen LogP contribution in [-0.4, -0.2) is 18.5 Å². The predicted octanol–water partition coefficient (Wildman–Crippen LogP) is 2.97. The van der Waals surface area contributed by atoms with Crippen LogP contribution in [0.25, 0.3) is 0 Å². The minimum Gasteiger partial charge on any atom is -0.384 e. The van der Waals surface area contributed by atoms with Gasteiger partial charge in [0.25, 0.3) is 0 Å². The highest BCUT2D eigenvalue weighted by Crippen LogP contribution is 2.37. The second-order valence-corrected chi connectivity index (χ2v) is 6.88. The van der Waals surface area contributed by atoms with Gasteiger partial charge in [-0.15, -0.1) is 0 Å². The van der Waals surface area contributed by atoms with Crippen molar-refractivity contribution in [2.24, 2.45) is 11.3 Å². The zero-order valence-electron chi connectivity index (χ0n) is 12.4. The van der Waals surface area contributed by atoms with E-state index in [0.717, 1.165) is 19.4 Å². The lowest BCUT2D eigenvalue weighted by molar-refractivity contribution is -0.126. The van der Waals surface area contributed by atoms with Crippen LogP contribution in [0, 0.1) is 11.3 Å². The molecule has 1 aromatic rings. The van der Waals surface area contributed by atoms with E-state index in [9.17, 15) is 4.79 Å². The summed E-state index contributed by atoms with van der Waals surface area (Å²) in [6, 6.07) is 8.62. The lowest BCUT2D eigenvalue weighted by atomic mass is 9.86. The minimum atomic E-state index is 0.0568. The lowest BCUT2D eigenvalue weighted by Gasteiger charge is -2.31. The average Bonchev–Trinajstić information content (AvgIpc) is 2.77. The van der Waals surface area contributed by atoms with Crippen LogP contribution in [0.5, 0.6) is 0 Å². The number of amides is 1. The highest BCUT2D eigenvalue weighted by Gasteiger charge is 2.36. The molecule has 0 radical (unpaired) electrons. The molecule has 2 aliphatic rings. The van der Waals surface area contributed by atoms with Crippen molar-refractivity contribution in [3.05, 3.63) is 29.8 Å². The van der Waals surface area contributed by atoms with Crippen molar-refractivity contribution in [2.45, 2.75) is 45.6 Å². The van der Waals surface area contributed by atoms with Crippen LogP contribution in [0.4, 0.5) is 5.69 Å². The van der Waals surface area contributed by atoms with E-state index in [0.29, 0.717) is 6.04 Å². The third kappa shape index (κ3) is 2.54. The number of hydrogen-bond acceptors (Lipinski definition) is 2. The van der Waals surface area contributed by atoms with Crippen LogP contribution in [0.2, 0.25) is 0 Å². The molecule has 1 saturated carbocycles. The van der Waals surface area contributed by atoms with Gasteiger partial charge in [-0.25, -0.2) is 0 Å². The quantitative estimate of drug-likeness (QED) is 0.869. The molecule has 1 aliphatic carbocycles. The molecule has 3 nitrogen and oxygen atoms in total. The van der Waals surface area contributed by atoms with Crippen LogP contribution in [0.15, 0.2) is 24.3 Å². The van der Waals surface area contributed by atoms with E-state index in [1.54, 1.807) is 0 Å². The molecule has 0 saturated heterocycles. The van der Waals surface area contributed by atoms with Gasteiger partial charge in [0.2, 0.25) is 5.91 Å². The summed E-state index contributed by atoms with van der Waals surface area (Å²) in [4.78, 5) is 12.5. The van der Waals surface area contributed by atoms with Crippen molar-refractivity contribution < 1.29 is 4.79 Å². The van der Waals surface area contributed by atoms with Gasteiger partial charge >= 0.3 is 0 Å². The Balaban J connectivity index is 1.65. The Morgan fingerprint density at radius 3 is 2.90 bits per heavy atom. The van der Waals surface area contributed by atoms with Crippen molar-refractivity contribution in [2.75, 3.05) is 11.9 Å². The second-order valence-electron chi connectivity index (χ2n) is 6.88. The zero-order valence-corrected chi connectivity index (χ0v) is 12.4. The zero-order chi connectivity index (χ0) is 14.2. The summed E-state index contributed by atoms with van der Waals surface area (Å²) in [5.74, 6) is 0.272.